The molecule has 0 aromatic carbocycles. The summed E-state index contributed by atoms with van der Waals surface area (Å²) in [4.78, 5) is 16.4. The zero-order valence-electron chi connectivity index (χ0n) is 10.3. The van der Waals surface area contributed by atoms with Gasteiger partial charge in [-0.1, -0.05) is 12.1 Å². The Bertz CT molecular complexity index is 706. The quantitative estimate of drug-likeness (QED) is 0.891. The van der Waals surface area contributed by atoms with E-state index in [2.05, 4.69) is 22.5 Å². The fourth-order valence-electron chi connectivity index (χ4n) is 2.60. The highest BCUT2D eigenvalue weighted by Crippen LogP contribution is 2.51. The van der Waals surface area contributed by atoms with Crippen molar-refractivity contribution in [2.75, 3.05) is 0 Å². The summed E-state index contributed by atoms with van der Waals surface area (Å²) >= 11 is 0. The van der Waals surface area contributed by atoms with E-state index in [4.69, 9.17) is 0 Å². The van der Waals surface area contributed by atoms with Gasteiger partial charge in [0.15, 0.2) is 0 Å². The van der Waals surface area contributed by atoms with Crippen LogP contribution in [0.1, 0.15) is 12.1 Å². The van der Waals surface area contributed by atoms with Crippen LogP contribution in [0, 0.1) is 0 Å². The third-order valence-corrected chi connectivity index (χ3v) is 3.67. The van der Waals surface area contributed by atoms with E-state index in [0.29, 0.717) is 6.54 Å². The number of hydrogen-bond acceptors (Lipinski definition) is 2. The van der Waals surface area contributed by atoms with Gasteiger partial charge in [-0.2, -0.15) is 0 Å². The number of pyridine rings is 1. The molecule has 1 aromatic heterocycles. The minimum absolute atomic E-state index is 0.0225. The molecule has 3 heteroatoms. The zero-order valence-corrected chi connectivity index (χ0v) is 10.3. The maximum Gasteiger partial charge on any atom is 0.252 e. The second-order valence-corrected chi connectivity index (χ2v) is 4.90. The van der Waals surface area contributed by atoms with Crippen molar-refractivity contribution in [2.24, 2.45) is 0 Å². The number of rotatable bonds is 3. The van der Waals surface area contributed by atoms with Crippen LogP contribution in [0.25, 0.3) is 0 Å². The molecule has 0 spiro atoms. The molecule has 19 heavy (non-hydrogen) atoms. The van der Waals surface area contributed by atoms with E-state index >= 15 is 0 Å². The van der Waals surface area contributed by atoms with Crippen molar-refractivity contribution in [1.29, 1.82) is 0 Å². The second-order valence-electron chi connectivity index (χ2n) is 4.90. The van der Waals surface area contributed by atoms with Crippen LogP contribution in [0.4, 0.5) is 0 Å². The third-order valence-electron chi connectivity index (χ3n) is 3.67. The Hall–Kier alpha value is -2.42. The molecule has 0 aliphatic heterocycles. The first-order valence-corrected chi connectivity index (χ1v) is 6.38. The summed E-state index contributed by atoms with van der Waals surface area (Å²) in [6.07, 6.45) is 8.94. The van der Waals surface area contributed by atoms with Crippen molar-refractivity contribution in [3.05, 3.63) is 76.2 Å². The molecule has 0 radical (unpaired) electrons. The van der Waals surface area contributed by atoms with Crippen molar-refractivity contribution in [3.8, 4) is 0 Å². The number of allylic oxidation sites excluding steroid dienone is 6. The number of carbonyl (C=O) groups excluding carboxylic acids is 1. The van der Waals surface area contributed by atoms with Crippen LogP contribution in [0.2, 0.25) is 0 Å². The van der Waals surface area contributed by atoms with Crippen molar-refractivity contribution in [2.45, 2.75) is 13.0 Å². The van der Waals surface area contributed by atoms with E-state index in [-0.39, 0.29) is 5.91 Å². The van der Waals surface area contributed by atoms with Crippen LogP contribution in [0.3, 0.4) is 0 Å². The maximum atomic E-state index is 12.2. The van der Waals surface area contributed by atoms with Gasteiger partial charge in [0, 0.05) is 11.8 Å². The Morgan fingerprint density at radius 2 is 2.21 bits per heavy atom. The number of nitrogens with one attached hydrogen (secondary N) is 1. The summed E-state index contributed by atoms with van der Waals surface area (Å²) in [6, 6.07) is 5.69. The highest BCUT2D eigenvalue weighted by atomic mass is 16.1. The smallest absolute Gasteiger partial charge is 0.252 e. The van der Waals surface area contributed by atoms with Gasteiger partial charge in [-0.3, -0.25) is 9.78 Å². The van der Waals surface area contributed by atoms with Gasteiger partial charge in [0.2, 0.25) is 0 Å². The predicted molar refractivity (Wildman–Crippen MR) is 72.0 cm³/mol. The van der Waals surface area contributed by atoms with Crippen LogP contribution in [-0.2, 0) is 11.3 Å². The van der Waals surface area contributed by atoms with Crippen LogP contribution >= 0.6 is 0 Å². The lowest BCUT2D eigenvalue weighted by atomic mass is 10.1. The Balaban J connectivity index is 1.51. The van der Waals surface area contributed by atoms with Crippen LogP contribution < -0.4 is 5.32 Å². The van der Waals surface area contributed by atoms with E-state index in [1.165, 1.54) is 16.7 Å². The van der Waals surface area contributed by atoms with Crippen LogP contribution in [0.15, 0.2) is 70.5 Å². The van der Waals surface area contributed by atoms with Gasteiger partial charge in [-0.25, -0.2) is 0 Å². The van der Waals surface area contributed by atoms with E-state index in [1.54, 1.807) is 6.20 Å². The molecule has 1 aromatic rings. The molecule has 3 aliphatic rings. The minimum atomic E-state index is -0.0225. The van der Waals surface area contributed by atoms with Gasteiger partial charge in [0.05, 0.1) is 12.2 Å². The van der Waals surface area contributed by atoms with E-state index < -0.39 is 0 Å². The molecule has 0 bridgehead atoms. The normalized spacial score (nSPS) is 18.4. The first kappa shape index (κ1) is 10.5. The average Bonchev–Trinajstić information content (AvgIpc) is 2.93. The number of carbonyl (C=O) groups is 1. The van der Waals surface area contributed by atoms with Gasteiger partial charge < -0.3 is 5.32 Å². The summed E-state index contributed by atoms with van der Waals surface area (Å²) in [6.45, 7) is 0.465. The van der Waals surface area contributed by atoms with Gasteiger partial charge in [-0.15, -0.1) is 0 Å². The predicted octanol–water partition coefficient (Wildman–Crippen LogP) is 2.20. The summed E-state index contributed by atoms with van der Waals surface area (Å²) in [5.74, 6) is -0.0225. The fourth-order valence-corrected chi connectivity index (χ4v) is 2.60. The molecule has 4 rings (SSSR count). The lowest BCUT2D eigenvalue weighted by molar-refractivity contribution is -0.117. The van der Waals surface area contributed by atoms with E-state index in [0.717, 1.165) is 23.3 Å². The molecule has 3 aliphatic carbocycles. The molecule has 0 atom stereocenters. The fraction of sp³-hybridized carbons (Fsp3) is 0.125. The van der Waals surface area contributed by atoms with Crippen molar-refractivity contribution < 1.29 is 4.79 Å². The highest BCUT2D eigenvalue weighted by Gasteiger charge is 2.35. The van der Waals surface area contributed by atoms with Crippen LogP contribution in [-0.4, -0.2) is 10.9 Å². The van der Waals surface area contributed by atoms with Gasteiger partial charge in [0.1, 0.15) is 0 Å². The molecule has 1 amide bonds. The zero-order chi connectivity index (χ0) is 12.8. The number of fused-ring (bicyclic) bond motifs is 2. The Labute approximate surface area is 111 Å². The number of hydrogen-bond donors (Lipinski definition) is 1. The molecular formula is C16H12N2O. The Morgan fingerprint density at radius 1 is 1.26 bits per heavy atom. The molecular weight excluding hydrogens is 236 g/mol. The molecule has 1 N–H and O–H groups in total. The Morgan fingerprint density at radius 3 is 3.05 bits per heavy atom. The van der Waals surface area contributed by atoms with E-state index in [1.807, 2.05) is 24.3 Å². The molecule has 92 valence electrons. The summed E-state index contributed by atoms with van der Waals surface area (Å²) in [5, 5.41) is 2.92. The topological polar surface area (TPSA) is 42.0 Å². The van der Waals surface area contributed by atoms with Gasteiger partial charge in [0.25, 0.3) is 5.91 Å². The molecule has 3 nitrogen and oxygen atoms in total. The molecule has 1 fully saturated rings. The summed E-state index contributed by atoms with van der Waals surface area (Å²) in [5.41, 5.74) is 6.80. The third kappa shape index (κ3) is 1.66. The second kappa shape index (κ2) is 3.79. The van der Waals surface area contributed by atoms with Crippen LogP contribution in [0.5, 0.6) is 0 Å². The van der Waals surface area contributed by atoms with E-state index in [9.17, 15) is 4.79 Å². The SMILES string of the molecule is O=C(NCc1ccccn1)C1=C2C=C3CC3=C2C=C1. The standard InChI is InChI=1S/C16H12N2O/c19-16(18-9-11-3-1-2-6-17-11)13-5-4-12-14-7-10(14)8-15(12)13/h1-6,8H,7,9H2,(H,18,19). The number of amides is 1. The maximum absolute atomic E-state index is 12.2. The van der Waals surface area contributed by atoms with Crippen molar-refractivity contribution in [3.63, 3.8) is 0 Å². The van der Waals surface area contributed by atoms with Crippen molar-refractivity contribution in [1.82, 2.24) is 10.3 Å². The number of nitrogens with zero attached hydrogens (tertiary/aromatic N) is 1. The Kier molecular flexibility index (Phi) is 2.09. The minimum Gasteiger partial charge on any atom is -0.346 e. The number of aromatic nitrogens is 1. The summed E-state index contributed by atoms with van der Waals surface area (Å²) in [7, 11) is 0. The van der Waals surface area contributed by atoms with Crippen molar-refractivity contribution >= 4 is 5.91 Å². The molecule has 1 saturated carbocycles. The average molecular weight is 248 g/mol. The monoisotopic (exact) mass is 248 g/mol. The molecule has 0 saturated heterocycles. The highest BCUT2D eigenvalue weighted by molar-refractivity contribution is 6.01. The lowest BCUT2D eigenvalue weighted by Gasteiger charge is -2.06. The largest absolute Gasteiger partial charge is 0.346 e. The molecule has 1 heterocycles. The molecule has 0 unspecified atom stereocenters. The van der Waals surface area contributed by atoms with Gasteiger partial charge in [-0.05, 0) is 53.0 Å². The van der Waals surface area contributed by atoms with Gasteiger partial charge >= 0.3 is 0 Å². The first-order chi connectivity index (χ1) is 9.33. The summed E-state index contributed by atoms with van der Waals surface area (Å²) < 4.78 is 0. The lowest BCUT2D eigenvalue weighted by Crippen LogP contribution is -2.24. The first-order valence-electron chi connectivity index (χ1n) is 6.38.